The summed E-state index contributed by atoms with van der Waals surface area (Å²) in [6.07, 6.45) is 3.94. The maximum absolute atomic E-state index is 11.7. The predicted molar refractivity (Wildman–Crippen MR) is 85.4 cm³/mol. The lowest BCUT2D eigenvalue weighted by atomic mass is 10.00. The van der Waals surface area contributed by atoms with Gasteiger partial charge in [-0.3, -0.25) is 4.79 Å². The maximum atomic E-state index is 11.7. The summed E-state index contributed by atoms with van der Waals surface area (Å²) >= 11 is 0. The molecule has 0 unspecified atom stereocenters. The van der Waals surface area contributed by atoms with Crippen molar-refractivity contribution in [1.82, 2.24) is 15.1 Å². The first-order valence-corrected chi connectivity index (χ1v) is 7.42. The van der Waals surface area contributed by atoms with Gasteiger partial charge in [-0.05, 0) is 18.8 Å². The van der Waals surface area contributed by atoms with E-state index in [9.17, 15) is 4.79 Å². The first-order valence-electron chi connectivity index (χ1n) is 7.42. The van der Waals surface area contributed by atoms with Gasteiger partial charge in [0.05, 0.1) is 0 Å². The summed E-state index contributed by atoms with van der Waals surface area (Å²) in [5.41, 5.74) is 0. The number of nitrogens with one attached hydrogen (secondary N) is 1. The summed E-state index contributed by atoms with van der Waals surface area (Å²) in [5.74, 6) is 1.35. The molecule has 0 aromatic heterocycles. The molecule has 21 heavy (non-hydrogen) atoms. The van der Waals surface area contributed by atoms with Crippen molar-refractivity contribution in [3.8, 4) is 0 Å². The van der Waals surface area contributed by atoms with Crippen LogP contribution in [0.3, 0.4) is 0 Å². The highest BCUT2D eigenvalue weighted by Crippen LogP contribution is 2.15. The summed E-state index contributed by atoms with van der Waals surface area (Å²) in [7, 11) is 5.48. The van der Waals surface area contributed by atoms with Crippen molar-refractivity contribution < 1.29 is 9.53 Å². The minimum atomic E-state index is -0.00707. The van der Waals surface area contributed by atoms with Crippen LogP contribution in [0, 0.1) is 5.92 Å². The summed E-state index contributed by atoms with van der Waals surface area (Å²) in [5, 5.41) is 3.21. The van der Waals surface area contributed by atoms with Crippen LogP contribution in [-0.2, 0) is 9.53 Å². The normalized spacial score (nSPS) is 16.4. The van der Waals surface area contributed by atoms with Gasteiger partial charge in [0, 0.05) is 47.4 Å². The monoisotopic (exact) mass is 296 g/mol. The van der Waals surface area contributed by atoms with Crippen LogP contribution in [0.4, 0.5) is 0 Å². The van der Waals surface area contributed by atoms with Gasteiger partial charge in [0.15, 0.2) is 5.96 Å². The van der Waals surface area contributed by atoms with Crippen molar-refractivity contribution in [3.05, 3.63) is 12.7 Å². The van der Waals surface area contributed by atoms with Crippen molar-refractivity contribution in [3.63, 3.8) is 0 Å². The molecule has 1 amide bonds. The number of carbonyl (C=O) groups excluding carboxylic acids is 1. The highest BCUT2D eigenvalue weighted by Gasteiger charge is 2.17. The van der Waals surface area contributed by atoms with E-state index < -0.39 is 0 Å². The third kappa shape index (κ3) is 6.62. The molecule has 1 rings (SSSR count). The van der Waals surface area contributed by atoms with Gasteiger partial charge in [-0.15, -0.1) is 6.58 Å². The van der Waals surface area contributed by atoms with Gasteiger partial charge in [-0.2, -0.15) is 0 Å². The Hall–Kier alpha value is -1.56. The van der Waals surface area contributed by atoms with Crippen LogP contribution in [0.15, 0.2) is 17.6 Å². The molecule has 0 aromatic rings. The number of rotatable bonds is 6. The van der Waals surface area contributed by atoms with Crippen LogP contribution >= 0.6 is 0 Å². The third-order valence-electron chi connectivity index (χ3n) is 3.50. The topological polar surface area (TPSA) is 57.2 Å². The van der Waals surface area contributed by atoms with Gasteiger partial charge < -0.3 is 19.9 Å². The molecule has 0 atom stereocenters. The summed E-state index contributed by atoms with van der Waals surface area (Å²) < 4.78 is 5.38. The van der Waals surface area contributed by atoms with Crippen LogP contribution in [-0.4, -0.2) is 75.7 Å². The SMILES string of the molecule is C=CCNC(=NCC(=O)N(C)C)N(C)CC1CCOCC1. The lowest BCUT2D eigenvalue weighted by Gasteiger charge is -2.29. The largest absolute Gasteiger partial charge is 0.381 e. The fourth-order valence-electron chi connectivity index (χ4n) is 2.16. The molecule has 6 heteroatoms. The first-order chi connectivity index (χ1) is 10.0. The molecule has 120 valence electrons. The van der Waals surface area contributed by atoms with Crippen LogP contribution in [0.1, 0.15) is 12.8 Å². The smallest absolute Gasteiger partial charge is 0.243 e. The highest BCUT2D eigenvalue weighted by molar-refractivity contribution is 5.84. The molecule has 1 saturated heterocycles. The molecule has 1 fully saturated rings. The average Bonchev–Trinajstić information content (AvgIpc) is 2.47. The predicted octanol–water partition coefficient (Wildman–Crippen LogP) is 0.565. The molecule has 0 radical (unpaired) electrons. The zero-order chi connectivity index (χ0) is 15.7. The highest BCUT2D eigenvalue weighted by atomic mass is 16.5. The zero-order valence-electron chi connectivity index (χ0n) is 13.5. The van der Waals surface area contributed by atoms with E-state index in [0.29, 0.717) is 12.5 Å². The molecule has 0 bridgehead atoms. The van der Waals surface area contributed by atoms with Crippen molar-refractivity contribution in [2.45, 2.75) is 12.8 Å². The Morgan fingerprint density at radius 2 is 2.05 bits per heavy atom. The maximum Gasteiger partial charge on any atom is 0.243 e. The van der Waals surface area contributed by atoms with Crippen LogP contribution in [0.5, 0.6) is 0 Å². The molecule has 0 aliphatic carbocycles. The van der Waals surface area contributed by atoms with Crippen LogP contribution in [0.25, 0.3) is 0 Å². The number of hydrogen-bond donors (Lipinski definition) is 1. The van der Waals surface area contributed by atoms with E-state index >= 15 is 0 Å². The van der Waals surface area contributed by atoms with Crippen molar-refractivity contribution in [2.24, 2.45) is 10.9 Å². The summed E-state index contributed by atoms with van der Waals surface area (Å²) in [4.78, 5) is 19.7. The quantitative estimate of drug-likeness (QED) is 0.442. The number of likely N-dealkylation sites (N-methyl/N-ethyl adjacent to an activating group) is 1. The van der Waals surface area contributed by atoms with Crippen molar-refractivity contribution in [2.75, 3.05) is 54.0 Å². The second-order valence-corrected chi connectivity index (χ2v) is 5.53. The van der Waals surface area contributed by atoms with Gasteiger partial charge in [0.1, 0.15) is 6.54 Å². The van der Waals surface area contributed by atoms with E-state index in [2.05, 4.69) is 21.8 Å². The van der Waals surface area contributed by atoms with E-state index in [1.807, 2.05) is 7.05 Å². The van der Waals surface area contributed by atoms with Gasteiger partial charge >= 0.3 is 0 Å². The molecule has 0 spiro atoms. The Morgan fingerprint density at radius 3 is 2.62 bits per heavy atom. The Bertz CT molecular complexity index is 363. The molecule has 1 N–H and O–H groups in total. The van der Waals surface area contributed by atoms with E-state index in [1.165, 1.54) is 0 Å². The minimum Gasteiger partial charge on any atom is -0.381 e. The molecular formula is C15H28N4O2. The molecule has 1 heterocycles. The number of aliphatic imine (C=N–C) groups is 1. The summed E-state index contributed by atoms with van der Waals surface area (Å²) in [6, 6.07) is 0. The fourth-order valence-corrected chi connectivity index (χ4v) is 2.16. The Balaban J connectivity index is 2.58. The van der Waals surface area contributed by atoms with E-state index in [0.717, 1.165) is 38.6 Å². The van der Waals surface area contributed by atoms with Gasteiger partial charge in [0.25, 0.3) is 0 Å². The van der Waals surface area contributed by atoms with Crippen LogP contribution < -0.4 is 5.32 Å². The first kappa shape index (κ1) is 17.5. The molecule has 0 aromatic carbocycles. The van der Waals surface area contributed by atoms with E-state index in [1.54, 1.807) is 25.1 Å². The Labute approximate surface area is 127 Å². The number of ether oxygens (including phenoxy) is 1. The van der Waals surface area contributed by atoms with Crippen LogP contribution in [0.2, 0.25) is 0 Å². The second kappa shape index (κ2) is 9.39. The molecule has 6 nitrogen and oxygen atoms in total. The third-order valence-corrected chi connectivity index (χ3v) is 3.50. The molecular weight excluding hydrogens is 268 g/mol. The zero-order valence-corrected chi connectivity index (χ0v) is 13.5. The Kier molecular flexibility index (Phi) is 7.82. The minimum absolute atomic E-state index is 0.00707. The summed E-state index contributed by atoms with van der Waals surface area (Å²) in [6.45, 7) is 7.09. The van der Waals surface area contributed by atoms with Crippen molar-refractivity contribution >= 4 is 11.9 Å². The van der Waals surface area contributed by atoms with E-state index in [-0.39, 0.29) is 12.5 Å². The lowest BCUT2D eigenvalue weighted by Crippen LogP contribution is -2.43. The number of guanidine groups is 1. The number of nitrogens with zero attached hydrogens (tertiary/aromatic N) is 3. The number of carbonyl (C=O) groups is 1. The fraction of sp³-hybridized carbons (Fsp3) is 0.733. The van der Waals surface area contributed by atoms with E-state index in [4.69, 9.17) is 4.74 Å². The van der Waals surface area contributed by atoms with Crippen molar-refractivity contribution in [1.29, 1.82) is 0 Å². The molecule has 1 aliphatic rings. The molecule has 0 saturated carbocycles. The number of hydrogen-bond acceptors (Lipinski definition) is 3. The second-order valence-electron chi connectivity index (χ2n) is 5.53. The average molecular weight is 296 g/mol. The molecule has 1 aliphatic heterocycles. The Morgan fingerprint density at radius 1 is 1.38 bits per heavy atom. The van der Waals surface area contributed by atoms with Gasteiger partial charge in [-0.1, -0.05) is 6.08 Å². The van der Waals surface area contributed by atoms with Gasteiger partial charge in [-0.25, -0.2) is 4.99 Å². The standard InChI is InChI=1S/C15H28N4O2/c1-5-8-16-15(17-11-14(20)18(2)3)19(4)12-13-6-9-21-10-7-13/h5,13H,1,6-12H2,2-4H3,(H,16,17). The lowest BCUT2D eigenvalue weighted by molar-refractivity contribution is -0.127. The number of amides is 1. The van der Waals surface area contributed by atoms with Gasteiger partial charge in [0.2, 0.25) is 5.91 Å².